The molecule has 0 aliphatic carbocycles. The molecule has 0 aliphatic rings. The van der Waals surface area contributed by atoms with Gasteiger partial charge in [0.15, 0.2) is 11.6 Å². The number of carbonyl (C=O) groups excluding carboxylic acids is 4. The predicted octanol–water partition coefficient (Wildman–Crippen LogP) is 2.10. The van der Waals surface area contributed by atoms with Gasteiger partial charge >= 0.3 is 64.8 Å². The van der Waals surface area contributed by atoms with Gasteiger partial charge in [0.1, 0.15) is 31.1 Å². The van der Waals surface area contributed by atoms with Crippen LogP contribution in [0.3, 0.4) is 0 Å². The first-order valence-corrected chi connectivity index (χ1v) is 18.7. The van der Waals surface area contributed by atoms with Crippen molar-refractivity contribution in [3.05, 3.63) is 0 Å². The Hall–Kier alpha value is -2.73. The number of Topliss-reactive ketones (excluding diaryl/α,β-unsaturated/α-hetero) is 3. The van der Waals surface area contributed by atoms with E-state index in [0.29, 0.717) is 12.8 Å². The van der Waals surface area contributed by atoms with Crippen LogP contribution in [0.2, 0.25) is 0 Å². The summed E-state index contributed by atoms with van der Waals surface area (Å²) in [4.78, 5) is 63.0. The van der Waals surface area contributed by atoms with Crippen LogP contribution in [0.4, 0.5) is 39.5 Å². The van der Waals surface area contributed by atoms with Gasteiger partial charge in [0.05, 0.1) is 24.7 Å². The number of carboxylic acid groups (broad SMARTS) is 2. The molecular formula is C25H41F9O21S3Sc. The van der Waals surface area contributed by atoms with Crippen molar-refractivity contribution in [2.45, 2.75) is 114 Å². The number of aliphatic carboxylic acids is 2. The SMILES string of the molecule is CC(O)CC(C)O.COC(C)CC(C)OC(=O)CC(=O)CC(C)=O.O=C(O)CC(=O)CC(=O)O.O=S(=O)(O)C(F)(F)F.O=S(=O)(O)C(F)(F)F.O=S(=O)(O)C(F)(F)F.[Sc]. The summed E-state index contributed by atoms with van der Waals surface area (Å²) in [6.07, 6.45) is -2.00. The standard InChI is InChI=1S/C12H20O5.C5H6O5.C5H12O2.3CHF3O3S.Sc/c1-8(13)5-11(14)7-12(15)17-10(3)6-9(2)16-4;6-3(1-4(7)8)2-5(9)10;1-4(6)3-5(2)7;3*2-1(3,4)8(5,6)7;/h9-10H,5-7H2,1-4H3;1-2H2,(H,7,8)(H,9,10);4-7H,3H2,1-2H3;3*(H,5,6,7);. The molecule has 1 radical (unpaired) electrons. The molecular weight excluding hydrogens is 948 g/mol. The van der Waals surface area contributed by atoms with Gasteiger partial charge in [0, 0.05) is 39.4 Å². The van der Waals surface area contributed by atoms with Crippen molar-refractivity contribution >= 4 is 65.6 Å². The molecule has 0 heterocycles. The zero-order chi connectivity index (χ0) is 48.4. The second-order valence-electron chi connectivity index (χ2n) is 10.6. The van der Waals surface area contributed by atoms with Crippen molar-refractivity contribution in [2.75, 3.05) is 7.11 Å². The topological polar surface area (TPSA) is 365 Å². The smallest absolute Gasteiger partial charge is 0.481 e. The molecule has 59 heavy (non-hydrogen) atoms. The Morgan fingerprint density at radius 1 is 0.542 bits per heavy atom. The Labute approximate surface area is 348 Å². The predicted molar refractivity (Wildman–Crippen MR) is 172 cm³/mol. The van der Waals surface area contributed by atoms with Crippen molar-refractivity contribution < 1.29 is 163 Å². The number of aliphatic hydroxyl groups is 2. The molecule has 0 saturated heterocycles. The fourth-order valence-corrected chi connectivity index (χ4v) is 2.27. The number of esters is 1. The molecule has 0 aromatic rings. The normalized spacial score (nSPS) is 13.4. The maximum absolute atomic E-state index is 11.3. The zero-order valence-corrected chi connectivity index (χ0v) is 35.4. The first kappa shape index (κ1) is 70.8. The third-order valence-electron chi connectivity index (χ3n) is 4.44. The van der Waals surface area contributed by atoms with Crippen LogP contribution in [0.25, 0.3) is 0 Å². The summed E-state index contributed by atoms with van der Waals surface area (Å²) < 4.78 is 183. The van der Waals surface area contributed by atoms with E-state index in [1.54, 1.807) is 27.9 Å². The molecule has 7 N–H and O–H groups in total. The minimum atomic E-state index is -5.84. The average Bonchev–Trinajstić information content (AvgIpc) is 2.89. The number of halogens is 9. The van der Waals surface area contributed by atoms with E-state index in [-0.39, 0.29) is 68.9 Å². The van der Waals surface area contributed by atoms with E-state index in [0.717, 1.165) is 0 Å². The maximum Gasteiger partial charge on any atom is 0.522 e. The number of carbonyl (C=O) groups is 6. The molecule has 21 nitrogen and oxygen atoms in total. The number of hydrogen-bond donors (Lipinski definition) is 7. The van der Waals surface area contributed by atoms with Gasteiger partial charge in [-0.2, -0.15) is 64.8 Å². The van der Waals surface area contributed by atoms with Crippen molar-refractivity contribution in [2.24, 2.45) is 0 Å². The van der Waals surface area contributed by atoms with Crippen LogP contribution in [0.15, 0.2) is 0 Å². The Bertz CT molecular complexity index is 1490. The number of ketones is 3. The molecule has 0 aliphatic heterocycles. The summed E-state index contributed by atoms with van der Waals surface area (Å²) in [6, 6.07) is 0. The van der Waals surface area contributed by atoms with Gasteiger partial charge in [-0.15, -0.1) is 0 Å². The summed E-state index contributed by atoms with van der Waals surface area (Å²) >= 11 is 0. The van der Waals surface area contributed by atoms with Crippen molar-refractivity contribution in [3.63, 3.8) is 0 Å². The zero-order valence-electron chi connectivity index (χ0n) is 31.1. The fourth-order valence-electron chi connectivity index (χ4n) is 2.27. The molecule has 4 atom stereocenters. The third kappa shape index (κ3) is 53.3. The summed E-state index contributed by atoms with van der Waals surface area (Å²) in [6.45, 7) is 8.24. The van der Waals surface area contributed by atoms with Crippen LogP contribution in [-0.4, -0.2) is 143 Å². The van der Waals surface area contributed by atoms with Gasteiger partial charge in [-0.1, -0.05) is 0 Å². The Morgan fingerprint density at radius 3 is 0.966 bits per heavy atom. The molecule has 0 fully saturated rings. The monoisotopic (exact) mass is 989 g/mol. The molecule has 0 bridgehead atoms. The molecule has 0 rings (SSSR count). The van der Waals surface area contributed by atoms with E-state index < -0.39 is 89.2 Å². The van der Waals surface area contributed by atoms with Gasteiger partial charge in [0.25, 0.3) is 0 Å². The van der Waals surface area contributed by atoms with Crippen molar-refractivity contribution in [1.29, 1.82) is 0 Å². The molecule has 0 saturated carbocycles. The molecule has 0 aromatic carbocycles. The molecule has 4 unspecified atom stereocenters. The molecule has 0 aromatic heterocycles. The fraction of sp³-hybridized carbons (Fsp3) is 0.760. The number of hydrogen-bond acceptors (Lipinski definition) is 16. The summed E-state index contributed by atoms with van der Waals surface area (Å²) in [5.74, 6) is -4.64. The minimum Gasteiger partial charge on any atom is -0.481 e. The van der Waals surface area contributed by atoms with Crippen molar-refractivity contribution in [1.82, 2.24) is 0 Å². The number of alkyl halides is 9. The first-order chi connectivity index (χ1) is 25.2. The van der Waals surface area contributed by atoms with Crippen LogP contribution in [0.1, 0.15) is 73.1 Å². The average molecular weight is 990 g/mol. The van der Waals surface area contributed by atoms with Crippen LogP contribution in [0.5, 0.6) is 0 Å². The Balaban J connectivity index is -0.000000114. The quantitative estimate of drug-likeness (QED) is 0.0431. The van der Waals surface area contributed by atoms with Crippen LogP contribution in [-0.2, 0) is 94.4 Å². The van der Waals surface area contributed by atoms with Crippen molar-refractivity contribution in [3.8, 4) is 0 Å². The third-order valence-corrected chi connectivity index (χ3v) is 6.20. The Kier molecular flexibility index (Phi) is 38.5. The van der Waals surface area contributed by atoms with Crippen LogP contribution >= 0.6 is 0 Å². The summed E-state index contributed by atoms with van der Waals surface area (Å²) in [5, 5.41) is 33.1. The number of ether oxygens (including phenoxy) is 2. The van der Waals surface area contributed by atoms with Gasteiger partial charge in [-0.05, 0) is 41.0 Å². The summed E-state index contributed by atoms with van der Waals surface area (Å²) in [7, 11) is -15.9. The molecule has 0 amide bonds. The van der Waals surface area contributed by atoms with Gasteiger partial charge in [-0.25, -0.2) is 0 Å². The number of methoxy groups -OCH3 is 1. The second kappa shape index (κ2) is 32.0. The molecule has 34 heteroatoms. The van der Waals surface area contributed by atoms with Gasteiger partial charge in [0.2, 0.25) is 0 Å². The number of aliphatic hydroxyl groups excluding tert-OH is 2. The van der Waals surface area contributed by atoms with Crippen LogP contribution < -0.4 is 0 Å². The number of rotatable bonds is 14. The van der Waals surface area contributed by atoms with E-state index in [9.17, 15) is 68.3 Å². The Morgan fingerprint density at radius 2 is 0.797 bits per heavy atom. The molecule has 0 spiro atoms. The van der Waals surface area contributed by atoms with Gasteiger partial charge < -0.3 is 29.9 Å². The maximum atomic E-state index is 11.3. The van der Waals surface area contributed by atoms with Gasteiger partial charge in [-0.3, -0.25) is 42.4 Å². The van der Waals surface area contributed by atoms with E-state index in [2.05, 4.69) is 0 Å². The molecule has 351 valence electrons. The largest absolute Gasteiger partial charge is 0.522 e. The summed E-state index contributed by atoms with van der Waals surface area (Å²) in [5.41, 5.74) is -16.6. The second-order valence-corrected chi connectivity index (χ2v) is 14.8. The van der Waals surface area contributed by atoms with E-state index >= 15 is 0 Å². The van der Waals surface area contributed by atoms with Crippen LogP contribution in [0, 0.1) is 0 Å². The first-order valence-electron chi connectivity index (χ1n) is 14.4. The van der Waals surface area contributed by atoms with E-state index in [1.165, 1.54) is 6.92 Å². The van der Waals surface area contributed by atoms with E-state index in [4.69, 9.17) is 68.8 Å². The number of carboxylic acids is 2. The van der Waals surface area contributed by atoms with E-state index in [1.807, 2.05) is 6.92 Å². The minimum absolute atomic E-state index is 0.